The lowest BCUT2D eigenvalue weighted by molar-refractivity contribution is -0.136. The maximum atomic E-state index is 12.1. The topological polar surface area (TPSA) is 57.6 Å². The molecule has 1 aromatic carbocycles. The lowest BCUT2D eigenvalue weighted by Crippen LogP contribution is -2.34. The molecule has 2 rings (SSSR count). The third kappa shape index (κ3) is 3.06. The van der Waals surface area contributed by atoms with E-state index in [2.05, 4.69) is 0 Å². The first-order valence-electron chi connectivity index (χ1n) is 5.76. The monoisotopic (exact) mass is 233 g/mol. The van der Waals surface area contributed by atoms with Gasteiger partial charge in [0.05, 0.1) is 6.42 Å². The van der Waals surface area contributed by atoms with Crippen molar-refractivity contribution in [1.29, 1.82) is 0 Å². The summed E-state index contributed by atoms with van der Waals surface area (Å²) in [4.78, 5) is 24.2. The third-order valence-corrected chi connectivity index (χ3v) is 2.81. The fourth-order valence-electron chi connectivity index (χ4n) is 1.73. The molecule has 1 amide bonds. The van der Waals surface area contributed by atoms with Gasteiger partial charge in [-0.1, -0.05) is 18.2 Å². The molecule has 1 N–H and O–H groups in total. The fourth-order valence-corrected chi connectivity index (χ4v) is 1.73. The van der Waals surface area contributed by atoms with Gasteiger partial charge in [-0.15, -0.1) is 0 Å². The number of anilines is 1. The van der Waals surface area contributed by atoms with E-state index in [4.69, 9.17) is 5.11 Å². The van der Waals surface area contributed by atoms with Crippen molar-refractivity contribution in [3.05, 3.63) is 30.3 Å². The number of carbonyl (C=O) groups is 2. The average molecular weight is 233 g/mol. The van der Waals surface area contributed by atoms with Crippen molar-refractivity contribution in [2.75, 3.05) is 11.4 Å². The second kappa shape index (κ2) is 4.99. The Hall–Kier alpha value is -1.84. The smallest absolute Gasteiger partial charge is 0.305 e. The third-order valence-electron chi connectivity index (χ3n) is 2.81. The lowest BCUT2D eigenvalue weighted by Gasteiger charge is -2.22. The Bertz CT molecular complexity index is 412. The molecule has 0 unspecified atom stereocenters. The van der Waals surface area contributed by atoms with Crippen LogP contribution in [-0.2, 0) is 9.59 Å². The standard InChI is InChI=1S/C13H15NO3/c15-12(16)8-9-14(13(17)10-6-7-10)11-4-2-1-3-5-11/h1-5,10H,6-9H2,(H,15,16). The predicted octanol–water partition coefficient (Wildman–Crippen LogP) is 1.90. The van der Waals surface area contributed by atoms with Gasteiger partial charge in [0.1, 0.15) is 0 Å². The Labute approximate surface area is 99.9 Å². The molecule has 1 saturated carbocycles. The van der Waals surface area contributed by atoms with Gasteiger partial charge in [0.25, 0.3) is 0 Å². The number of nitrogens with zero attached hydrogens (tertiary/aromatic N) is 1. The number of amides is 1. The minimum Gasteiger partial charge on any atom is -0.481 e. The molecular formula is C13H15NO3. The van der Waals surface area contributed by atoms with Crippen LogP contribution in [-0.4, -0.2) is 23.5 Å². The number of benzene rings is 1. The van der Waals surface area contributed by atoms with Gasteiger partial charge in [-0.25, -0.2) is 0 Å². The number of rotatable bonds is 5. The highest BCUT2D eigenvalue weighted by atomic mass is 16.4. The van der Waals surface area contributed by atoms with Crippen molar-refractivity contribution < 1.29 is 14.7 Å². The minimum absolute atomic E-state index is 0.0205. The summed E-state index contributed by atoms with van der Waals surface area (Å²) < 4.78 is 0. The average Bonchev–Trinajstić information content (AvgIpc) is 3.14. The highest BCUT2D eigenvalue weighted by Crippen LogP contribution is 2.32. The molecule has 4 nitrogen and oxygen atoms in total. The molecule has 90 valence electrons. The Balaban J connectivity index is 2.11. The van der Waals surface area contributed by atoms with E-state index in [9.17, 15) is 9.59 Å². The van der Waals surface area contributed by atoms with Gasteiger partial charge in [0.2, 0.25) is 5.91 Å². The van der Waals surface area contributed by atoms with Crippen LogP contribution in [0, 0.1) is 5.92 Å². The van der Waals surface area contributed by atoms with Crippen molar-refractivity contribution in [3.8, 4) is 0 Å². The van der Waals surface area contributed by atoms with E-state index in [-0.39, 0.29) is 24.8 Å². The summed E-state index contributed by atoms with van der Waals surface area (Å²) in [7, 11) is 0. The SMILES string of the molecule is O=C(O)CCN(C(=O)C1CC1)c1ccccc1. The Morgan fingerprint density at radius 1 is 1.24 bits per heavy atom. The number of hydrogen-bond donors (Lipinski definition) is 1. The Morgan fingerprint density at radius 3 is 2.41 bits per heavy atom. The van der Waals surface area contributed by atoms with Crippen LogP contribution in [0.4, 0.5) is 5.69 Å². The number of carboxylic acids is 1. The molecule has 17 heavy (non-hydrogen) atoms. The van der Waals surface area contributed by atoms with Gasteiger partial charge < -0.3 is 10.0 Å². The van der Waals surface area contributed by atoms with Gasteiger partial charge in [-0.05, 0) is 25.0 Å². The maximum Gasteiger partial charge on any atom is 0.305 e. The molecular weight excluding hydrogens is 218 g/mol. The van der Waals surface area contributed by atoms with Crippen LogP contribution in [0.2, 0.25) is 0 Å². The number of carboxylic acid groups (broad SMARTS) is 1. The number of aliphatic carboxylic acids is 1. The minimum atomic E-state index is -0.880. The van der Waals surface area contributed by atoms with Gasteiger partial charge in [-0.3, -0.25) is 9.59 Å². The molecule has 0 aromatic heterocycles. The zero-order valence-electron chi connectivity index (χ0n) is 9.50. The second-order valence-corrected chi connectivity index (χ2v) is 4.24. The van der Waals surface area contributed by atoms with Gasteiger partial charge in [-0.2, -0.15) is 0 Å². The van der Waals surface area contributed by atoms with Crippen LogP contribution < -0.4 is 4.90 Å². The van der Waals surface area contributed by atoms with Crippen LogP contribution in [0.1, 0.15) is 19.3 Å². The van der Waals surface area contributed by atoms with Gasteiger partial charge >= 0.3 is 5.97 Å². The molecule has 0 spiro atoms. The fraction of sp³-hybridized carbons (Fsp3) is 0.385. The molecule has 0 aliphatic heterocycles. The zero-order valence-corrected chi connectivity index (χ0v) is 9.50. The molecule has 0 bridgehead atoms. The van der Waals surface area contributed by atoms with Crippen LogP contribution in [0.3, 0.4) is 0 Å². The van der Waals surface area contributed by atoms with E-state index in [0.29, 0.717) is 0 Å². The Kier molecular flexibility index (Phi) is 3.42. The van der Waals surface area contributed by atoms with E-state index >= 15 is 0 Å². The van der Waals surface area contributed by atoms with E-state index in [0.717, 1.165) is 18.5 Å². The lowest BCUT2D eigenvalue weighted by atomic mass is 10.2. The van der Waals surface area contributed by atoms with Crippen molar-refractivity contribution in [3.63, 3.8) is 0 Å². The maximum absolute atomic E-state index is 12.1. The van der Waals surface area contributed by atoms with E-state index in [1.165, 1.54) is 0 Å². The van der Waals surface area contributed by atoms with Crippen LogP contribution in [0.25, 0.3) is 0 Å². The van der Waals surface area contributed by atoms with E-state index in [1.807, 2.05) is 30.3 Å². The molecule has 1 aliphatic rings. The largest absolute Gasteiger partial charge is 0.481 e. The van der Waals surface area contributed by atoms with Crippen molar-refractivity contribution >= 4 is 17.6 Å². The quantitative estimate of drug-likeness (QED) is 0.845. The number of carbonyl (C=O) groups excluding carboxylic acids is 1. The van der Waals surface area contributed by atoms with Gasteiger partial charge in [0.15, 0.2) is 0 Å². The van der Waals surface area contributed by atoms with Crippen molar-refractivity contribution in [2.24, 2.45) is 5.92 Å². The summed E-state index contributed by atoms with van der Waals surface area (Å²) in [6.07, 6.45) is 1.83. The zero-order chi connectivity index (χ0) is 12.3. The summed E-state index contributed by atoms with van der Waals surface area (Å²) in [6.45, 7) is 0.245. The highest BCUT2D eigenvalue weighted by molar-refractivity contribution is 5.96. The summed E-state index contributed by atoms with van der Waals surface area (Å²) in [5.74, 6) is -0.726. The summed E-state index contributed by atoms with van der Waals surface area (Å²) in [5, 5.41) is 8.71. The van der Waals surface area contributed by atoms with E-state index in [1.54, 1.807) is 4.90 Å². The first-order valence-corrected chi connectivity index (χ1v) is 5.76. The van der Waals surface area contributed by atoms with Crippen LogP contribution >= 0.6 is 0 Å². The van der Waals surface area contributed by atoms with Crippen LogP contribution in [0.15, 0.2) is 30.3 Å². The highest BCUT2D eigenvalue weighted by Gasteiger charge is 2.34. The molecule has 1 fully saturated rings. The normalized spacial score (nSPS) is 14.4. The van der Waals surface area contributed by atoms with E-state index < -0.39 is 5.97 Å². The summed E-state index contributed by atoms with van der Waals surface area (Å²) in [5.41, 5.74) is 0.783. The van der Waals surface area contributed by atoms with Crippen LogP contribution in [0.5, 0.6) is 0 Å². The molecule has 0 saturated heterocycles. The molecule has 1 aromatic rings. The van der Waals surface area contributed by atoms with Gasteiger partial charge in [0, 0.05) is 18.2 Å². The molecule has 4 heteroatoms. The second-order valence-electron chi connectivity index (χ2n) is 4.24. The summed E-state index contributed by atoms with van der Waals surface area (Å²) >= 11 is 0. The molecule has 1 aliphatic carbocycles. The predicted molar refractivity (Wildman–Crippen MR) is 63.8 cm³/mol. The molecule has 0 heterocycles. The molecule has 0 atom stereocenters. The first-order chi connectivity index (χ1) is 8.18. The number of hydrogen-bond acceptors (Lipinski definition) is 2. The Morgan fingerprint density at radius 2 is 1.88 bits per heavy atom. The number of para-hydroxylation sites is 1. The molecule has 0 radical (unpaired) electrons. The van der Waals surface area contributed by atoms with Crippen molar-refractivity contribution in [1.82, 2.24) is 0 Å². The summed E-state index contributed by atoms with van der Waals surface area (Å²) in [6, 6.07) is 9.25. The first kappa shape index (κ1) is 11.6. The van der Waals surface area contributed by atoms with Crippen molar-refractivity contribution in [2.45, 2.75) is 19.3 Å².